The van der Waals surface area contributed by atoms with Crippen LogP contribution < -0.4 is 10.4 Å². The number of furan rings is 1. The van der Waals surface area contributed by atoms with Gasteiger partial charge in [-0.2, -0.15) is 0 Å². The van der Waals surface area contributed by atoms with Gasteiger partial charge in [0.15, 0.2) is 11.2 Å². The van der Waals surface area contributed by atoms with Crippen molar-refractivity contribution < 1.29 is 71.2 Å². The Kier molecular flexibility index (Phi) is 13.3. The second-order valence-corrected chi connectivity index (χ2v) is 16.5. The molecule has 352 valence electrons. The fourth-order valence-electron chi connectivity index (χ4n) is 8.14. The van der Waals surface area contributed by atoms with Gasteiger partial charge in [-0.15, -0.1) is 10.1 Å². The number of carbonyl (C=O) groups excluding carboxylic acids is 10. The highest BCUT2D eigenvalue weighted by molar-refractivity contribution is 6.33. The van der Waals surface area contributed by atoms with Gasteiger partial charge in [-0.05, 0) is 75.8 Å². The van der Waals surface area contributed by atoms with E-state index in [-0.39, 0.29) is 98.2 Å². The first kappa shape index (κ1) is 46.5. The topological polar surface area (TPSA) is 258 Å². The van der Waals surface area contributed by atoms with E-state index in [9.17, 15) is 52.7 Å². The predicted octanol–water partition coefficient (Wildman–Crippen LogP) is 4.07. The summed E-state index contributed by atoms with van der Waals surface area (Å²) in [5.41, 5.74) is 1.23. The summed E-state index contributed by atoms with van der Waals surface area (Å²) in [7, 11) is 3.69. The Morgan fingerprint density at radius 2 is 1.06 bits per heavy atom. The molecule has 0 saturated carbocycles. The monoisotopic (exact) mass is 933 g/mol. The molecule has 21 nitrogen and oxygen atoms in total. The van der Waals surface area contributed by atoms with E-state index in [1.54, 1.807) is 12.1 Å². The highest BCUT2D eigenvalue weighted by Gasteiger charge is 2.40. The van der Waals surface area contributed by atoms with Crippen molar-refractivity contribution in [2.24, 2.45) is 0 Å². The third kappa shape index (κ3) is 9.19. The number of unbranched alkanes of at least 4 members (excludes halogenated alkanes) is 2. The molecule has 0 N–H and O–H groups in total. The normalized spacial score (nSPS) is 15.7. The Hall–Kier alpha value is -8.07. The Labute approximate surface area is 384 Å². The zero-order valence-corrected chi connectivity index (χ0v) is 36.9. The van der Waals surface area contributed by atoms with E-state index >= 15 is 0 Å². The molecule has 68 heavy (non-hydrogen) atoms. The number of nitrogens with zero attached hydrogens (tertiary/aromatic N) is 5. The lowest BCUT2D eigenvalue weighted by molar-refractivity contribution is -0.197. The first-order valence-corrected chi connectivity index (χ1v) is 21.8. The minimum atomic E-state index is -0.709. The van der Waals surface area contributed by atoms with Gasteiger partial charge in [0, 0.05) is 102 Å². The summed E-state index contributed by atoms with van der Waals surface area (Å²) < 4.78 is 16.4. The summed E-state index contributed by atoms with van der Waals surface area (Å²) in [4.78, 5) is 148. The van der Waals surface area contributed by atoms with E-state index in [0.29, 0.717) is 57.7 Å². The molecule has 2 aromatic heterocycles. The minimum Gasteiger partial charge on any atom is -0.486 e. The van der Waals surface area contributed by atoms with Gasteiger partial charge in [0.1, 0.15) is 0 Å². The van der Waals surface area contributed by atoms with Crippen molar-refractivity contribution in [1.29, 1.82) is 0 Å². The van der Waals surface area contributed by atoms with Crippen LogP contribution in [0, 0.1) is 0 Å². The third-order valence-electron chi connectivity index (χ3n) is 11.5. The Bertz CT molecular complexity index is 2940. The van der Waals surface area contributed by atoms with Gasteiger partial charge in [-0.1, -0.05) is 6.42 Å². The van der Waals surface area contributed by atoms with Crippen LogP contribution in [0.3, 0.4) is 0 Å². The molecule has 4 aliphatic rings. The smallest absolute Gasteiger partial charge is 0.336 e. The van der Waals surface area contributed by atoms with Crippen LogP contribution in [-0.4, -0.2) is 124 Å². The highest BCUT2D eigenvalue weighted by atomic mass is 16.7. The van der Waals surface area contributed by atoms with Gasteiger partial charge in [-0.25, -0.2) is 14.4 Å². The van der Waals surface area contributed by atoms with Crippen LogP contribution in [0.15, 0.2) is 68.4 Å². The number of fused-ring (bicyclic) bond motifs is 2. The molecule has 2 fully saturated rings. The molecule has 8 amide bonds. The van der Waals surface area contributed by atoms with Gasteiger partial charge in [0.2, 0.25) is 5.75 Å². The van der Waals surface area contributed by atoms with Crippen LogP contribution >= 0.6 is 0 Å². The summed E-state index contributed by atoms with van der Waals surface area (Å²) in [5, 5.41) is 3.12. The molecule has 0 atom stereocenters. The molecule has 9 rings (SSSR count). The SMILES string of the molecule is CN(C)CCN1C(=O)c2ccc3c4c(ccc(c24)C1=O)C(=O)N(CCCCCC(=O)ON1C(=O)CCC1=O)C3=O.O=C(CCCOc1c2occc2cc2ccc(=O)oc12)ON1C(=O)CCC1=O. The maximum atomic E-state index is 13.4. The van der Waals surface area contributed by atoms with Crippen molar-refractivity contribution in [3.63, 3.8) is 0 Å². The molecule has 0 unspecified atom stereocenters. The van der Waals surface area contributed by atoms with Crippen LogP contribution in [0.4, 0.5) is 0 Å². The number of rotatable bonds is 16. The third-order valence-corrected chi connectivity index (χ3v) is 11.5. The number of imide groups is 4. The fourth-order valence-corrected chi connectivity index (χ4v) is 8.14. The maximum Gasteiger partial charge on any atom is 0.336 e. The van der Waals surface area contributed by atoms with Crippen molar-refractivity contribution >= 4 is 91.9 Å². The van der Waals surface area contributed by atoms with E-state index in [2.05, 4.69) is 0 Å². The number of hydrogen-bond acceptors (Lipinski definition) is 17. The molecule has 0 spiro atoms. The van der Waals surface area contributed by atoms with E-state index in [1.807, 2.05) is 25.1 Å². The second kappa shape index (κ2) is 19.4. The Balaban J connectivity index is 0.000000196. The van der Waals surface area contributed by atoms with E-state index in [4.69, 9.17) is 23.2 Å². The number of amides is 8. The average molecular weight is 934 g/mol. The molecule has 0 aliphatic carbocycles. The molecule has 21 heteroatoms. The van der Waals surface area contributed by atoms with Gasteiger partial charge in [0.05, 0.1) is 19.3 Å². The molecule has 3 aromatic carbocycles. The van der Waals surface area contributed by atoms with E-state index in [0.717, 1.165) is 10.3 Å². The van der Waals surface area contributed by atoms with Crippen LogP contribution in [0.2, 0.25) is 0 Å². The quantitative estimate of drug-likeness (QED) is 0.0767. The highest BCUT2D eigenvalue weighted by Crippen LogP contribution is 2.38. The number of benzene rings is 3. The van der Waals surface area contributed by atoms with Crippen molar-refractivity contribution in [2.45, 2.75) is 64.2 Å². The number of hydrogen-bond donors (Lipinski definition) is 0. The van der Waals surface area contributed by atoms with Crippen LogP contribution in [-0.2, 0) is 38.4 Å². The zero-order chi connectivity index (χ0) is 48.4. The number of ether oxygens (including phenoxy) is 1. The maximum absolute atomic E-state index is 13.4. The summed E-state index contributed by atoms with van der Waals surface area (Å²) >= 11 is 0. The standard InChI is InChI=1S/C28H28N4O8.C19H15NO8/c1-29(2)14-15-31-27(38)18-9-7-16-23-17(8-10-19(24(18)23)28(31)39)26(37)30(25(16)36)13-5-3-4-6-22(35)40-32-20(33)11-12-21(32)34;21-13-4-5-14(22)20(13)28-16(24)2-1-8-25-19-17-12(7-9-26-17)10-11-3-6-15(23)27-18(11)19/h7-10H,3-6,11-15H2,1-2H3;3,6-7,9-10H,1-2,4-5,8H2. The van der Waals surface area contributed by atoms with Crippen LogP contribution in [0.25, 0.3) is 32.7 Å². The molecule has 5 aromatic rings. The molecule has 0 bridgehead atoms. The van der Waals surface area contributed by atoms with E-state index < -0.39 is 64.8 Å². The number of likely N-dealkylation sites (N-methyl/N-ethyl adjacent to an activating group) is 1. The summed E-state index contributed by atoms with van der Waals surface area (Å²) in [5.74, 6) is -5.22. The number of carbonyl (C=O) groups is 10. The molecule has 4 aliphatic heterocycles. The molecule has 0 radical (unpaired) electrons. The van der Waals surface area contributed by atoms with Crippen LogP contribution in [0.1, 0.15) is 106 Å². The summed E-state index contributed by atoms with van der Waals surface area (Å²) in [6.07, 6.45) is 3.06. The first-order chi connectivity index (χ1) is 32.6. The molecule has 6 heterocycles. The molecular formula is C47H43N5O16. The Morgan fingerprint density at radius 3 is 1.57 bits per heavy atom. The first-order valence-electron chi connectivity index (χ1n) is 21.8. The van der Waals surface area contributed by atoms with Gasteiger partial charge in [-0.3, -0.25) is 48.2 Å². The van der Waals surface area contributed by atoms with Gasteiger partial charge < -0.3 is 28.1 Å². The number of hydroxylamine groups is 4. The Morgan fingerprint density at radius 1 is 0.574 bits per heavy atom. The average Bonchev–Trinajstić information content (AvgIpc) is 4.01. The van der Waals surface area contributed by atoms with Crippen molar-refractivity contribution in [1.82, 2.24) is 24.8 Å². The second-order valence-electron chi connectivity index (χ2n) is 16.5. The lowest BCUT2D eigenvalue weighted by Gasteiger charge is -2.32. The predicted molar refractivity (Wildman–Crippen MR) is 233 cm³/mol. The lowest BCUT2D eigenvalue weighted by atomic mass is 9.86. The zero-order valence-electron chi connectivity index (χ0n) is 36.9. The lowest BCUT2D eigenvalue weighted by Crippen LogP contribution is -2.45. The fraction of sp³-hybridized carbons (Fsp3) is 0.340. The summed E-state index contributed by atoms with van der Waals surface area (Å²) in [6, 6.07) is 12.6. The van der Waals surface area contributed by atoms with Crippen molar-refractivity contribution in [3.05, 3.63) is 87.5 Å². The van der Waals surface area contributed by atoms with E-state index in [1.165, 1.54) is 41.5 Å². The van der Waals surface area contributed by atoms with Crippen LogP contribution in [0.5, 0.6) is 5.75 Å². The largest absolute Gasteiger partial charge is 0.486 e. The van der Waals surface area contributed by atoms with Gasteiger partial charge >= 0.3 is 17.6 Å². The minimum absolute atomic E-state index is 0.0192. The molecule has 2 saturated heterocycles. The summed E-state index contributed by atoms with van der Waals surface area (Å²) in [6.45, 7) is 0.922. The van der Waals surface area contributed by atoms with Crippen molar-refractivity contribution in [3.8, 4) is 5.75 Å². The van der Waals surface area contributed by atoms with Gasteiger partial charge in [0.25, 0.3) is 47.3 Å². The van der Waals surface area contributed by atoms with Crippen molar-refractivity contribution in [2.75, 3.05) is 40.3 Å². The molecular weight excluding hydrogens is 891 g/mol.